The van der Waals surface area contributed by atoms with Gasteiger partial charge in [-0.15, -0.1) is 0 Å². The molecule has 8 nitrogen and oxygen atoms in total. The fraction of sp³-hybridized carbons (Fsp3) is 0.125. The number of benzene rings is 2. The van der Waals surface area contributed by atoms with Gasteiger partial charge in [-0.2, -0.15) is 13.8 Å². The van der Waals surface area contributed by atoms with Gasteiger partial charge in [0.2, 0.25) is 0 Å². The second kappa shape index (κ2) is 7.69. The third-order valence-electron chi connectivity index (χ3n) is 3.42. The van der Waals surface area contributed by atoms with Crippen LogP contribution in [0.15, 0.2) is 41.5 Å². The van der Waals surface area contributed by atoms with E-state index < -0.39 is 6.03 Å². The summed E-state index contributed by atoms with van der Waals surface area (Å²) in [6.07, 6.45) is 1.45. The monoisotopic (exact) mass is 357 g/mol. The largest absolute Gasteiger partial charge is 0.497 e. The number of rotatable bonds is 5. The van der Waals surface area contributed by atoms with Crippen LogP contribution in [0, 0.1) is 0 Å². The summed E-state index contributed by atoms with van der Waals surface area (Å²) in [5.74, 6) is 0.636. The summed E-state index contributed by atoms with van der Waals surface area (Å²) < 4.78 is 13.4. The number of methoxy groups -OCH3 is 1. The number of hydrogen-bond donors (Lipinski definition) is 3. The number of aromatic nitrogens is 2. The zero-order valence-corrected chi connectivity index (χ0v) is 14.1. The number of ether oxygens (including phenoxy) is 1. The molecule has 3 aromatic rings. The van der Waals surface area contributed by atoms with E-state index in [-0.39, 0.29) is 6.61 Å². The van der Waals surface area contributed by atoms with Crippen LogP contribution in [0.3, 0.4) is 0 Å². The molecule has 128 valence electrons. The Kier molecular flexibility index (Phi) is 5.17. The summed E-state index contributed by atoms with van der Waals surface area (Å²) in [6, 6.07) is 10.0. The van der Waals surface area contributed by atoms with Gasteiger partial charge in [0, 0.05) is 5.56 Å². The Bertz CT molecular complexity index is 925. The Hall–Kier alpha value is -3.04. The smallest absolute Gasteiger partial charge is 0.339 e. The van der Waals surface area contributed by atoms with Gasteiger partial charge in [-0.1, -0.05) is 6.07 Å². The van der Waals surface area contributed by atoms with Crippen molar-refractivity contribution in [3.05, 3.63) is 47.5 Å². The summed E-state index contributed by atoms with van der Waals surface area (Å²) in [7, 11) is 1.55. The molecule has 25 heavy (non-hydrogen) atoms. The number of anilines is 1. The number of nitrogens with one attached hydrogen (secondary N) is 2. The molecule has 0 saturated heterocycles. The van der Waals surface area contributed by atoms with Gasteiger partial charge in [0.1, 0.15) is 16.8 Å². The second-order valence-electron chi connectivity index (χ2n) is 4.98. The first-order chi connectivity index (χ1) is 12.2. The standard InChI is InChI=1S/C16H15N5O3S/c1-24-12-6-5-10(11(7-12)9-22)8-17-19-16(23)18-13-3-2-4-14-15(13)21-25-20-14/h2-8,22H,9H2,1H3,(H2,18,19,23)/b17-8+. The van der Waals surface area contributed by atoms with Crippen LogP contribution >= 0.6 is 11.7 Å². The molecule has 0 atom stereocenters. The molecule has 0 aliphatic rings. The Balaban J connectivity index is 1.66. The lowest BCUT2D eigenvalue weighted by atomic mass is 10.1. The number of hydrogen-bond acceptors (Lipinski definition) is 7. The SMILES string of the molecule is COc1ccc(/C=N/NC(=O)Nc2cccc3nsnc23)c(CO)c1. The lowest BCUT2D eigenvalue weighted by Gasteiger charge is -2.06. The first kappa shape index (κ1) is 16.8. The molecule has 2 amide bonds. The van der Waals surface area contributed by atoms with Gasteiger partial charge >= 0.3 is 6.03 Å². The number of amides is 2. The number of carbonyl (C=O) groups excluding carboxylic acids is 1. The lowest BCUT2D eigenvalue weighted by molar-refractivity contribution is 0.252. The molecule has 0 radical (unpaired) electrons. The summed E-state index contributed by atoms with van der Waals surface area (Å²) in [4.78, 5) is 12.0. The lowest BCUT2D eigenvalue weighted by Crippen LogP contribution is -2.24. The first-order valence-electron chi connectivity index (χ1n) is 7.30. The zero-order chi connectivity index (χ0) is 17.6. The number of carbonyl (C=O) groups is 1. The van der Waals surface area contributed by atoms with E-state index in [4.69, 9.17) is 4.74 Å². The number of fused-ring (bicyclic) bond motifs is 1. The highest BCUT2D eigenvalue weighted by Crippen LogP contribution is 2.21. The minimum absolute atomic E-state index is 0.163. The minimum Gasteiger partial charge on any atom is -0.497 e. The molecular formula is C16H15N5O3S. The van der Waals surface area contributed by atoms with Gasteiger partial charge in [-0.3, -0.25) is 0 Å². The highest BCUT2D eigenvalue weighted by atomic mass is 32.1. The molecule has 0 aliphatic heterocycles. The van der Waals surface area contributed by atoms with Crippen molar-refractivity contribution in [1.29, 1.82) is 0 Å². The molecule has 0 fully saturated rings. The molecule has 0 aliphatic carbocycles. The number of nitrogens with zero attached hydrogens (tertiary/aromatic N) is 3. The van der Waals surface area contributed by atoms with E-state index in [0.29, 0.717) is 28.1 Å². The number of aliphatic hydroxyl groups is 1. The van der Waals surface area contributed by atoms with E-state index in [1.807, 2.05) is 6.07 Å². The van der Waals surface area contributed by atoms with Gasteiger partial charge in [-0.05, 0) is 35.9 Å². The average Bonchev–Trinajstić information content (AvgIpc) is 3.11. The van der Waals surface area contributed by atoms with Crippen molar-refractivity contribution in [2.45, 2.75) is 6.61 Å². The fourth-order valence-corrected chi connectivity index (χ4v) is 2.74. The van der Waals surface area contributed by atoms with Crippen LogP contribution in [0.25, 0.3) is 11.0 Å². The highest BCUT2D eigenvalue weighted by molar-refractivity contribution is 7.00. The van der Waals surface area contributed by atoms with Crippen molar-refractivity contribution in [1.82, 2.24) is 14.2 Å². The summed E-state index contributed by atoms with van der Waals surface area (Å²) in [6.45, 7) is -0.163. The van der Waals surface area contributed by atoms with Gasteiger partial charge in [-0.25, -0.2) is 10.2 Å². The van der Waals surface area contributed by atoms with Gasteiger partial charge in [0.05, 0.1) is 37.3 Å². The van der Waals surface area contributed by atoms with Crippen LogP contribution in [-0.2, 0) is 6.61 Å². The predicted octanol–water partition coefficient (Wildman–Crippen LogP) is 2.35. The molecule has 0 bridgehead atoms. The van der Waals surface area contributed by atoms with Crippen molar-refractivity contribution in [3.63, 3.8) is 0 Å². The molecule has 1 heterocycles. The van der Waals surface area contributed by atoms with Gasteiger partial charge in [0.15, 0.2) is 0 Å². The molecule has 3 N–H and O–H groups in total. The van der Waals surface area contributed by atoms with Crippen LogP contribution < -0.4 is 15.5 Å². The average molecular weight is 357 g/mol. The third-order valence-corrected chi connectivity index (χ3v) is 3.97. The molecule has 9 heteroatoms. The molecule has 0 spiro atoms. The Morgan fingerprint density at radius 3 is 3.04 bits per heavy atom. The molecule has 1 aromatic heterocycles. The van der Waals surface area contributed by atoms with Gasteiger partial charge < -0.3 is 15.2 Å². The Morgan fingerprint density at radius 1 is 1.36 bits per heavy atom. The van der Waals surface area contributed by atoms with E-state index in [9.17, 15) is 9.90 Å². The molecule has 0 saturated carbocycles. The quantitative estimate of drug-likeness (QED) is 0.480. The maximum Gasteiger partial charge on any atom is 0.339 e. The van der Waals surface area contributed by atoms with Crippen LogP contribution in [0.2, 0.25) is 0 Å². The van der Waals surface area contributed by atoms with Crippen LogP contribution in [0.5, 0.6) is 5.75 Å². The van der Waals surface area contributed by atoms with Crippen molar-refractivity contribution in [2.75, 3.05) is 12.4 Å². The normalized spacial score (nSPS) is 11.0. The van der Waals surface area contributed by atoms with Gasteiger partial charge in [0.25, 0.3) is 0 Å². The fourth-order valence-electron chi connectivity index (χ4n) is 2.19. The maximum absolute atomic E-state index is 12.0. The number of urea groups is 1. The minimum atomic E-state index is -0.504. The number of hydrazone groups is 1. The summed E-state index contributed by atoms with van der Waals surface area (Å²) in [5.41, 5.74) is 5.60. The van der Waals surface area contributed by atoms with Crippen molar-refractivity contribution in [2.24, 2.45) is 5.10 Å². The topological polar surface area (TPSA) is 109 Å². The second-order valence-corrected chi connectivity index (χ2v) is 5.51. The summed E-state index contributed by atoms with van der Waals surface area (Å²) >= 11 is 1.08. The Morgan fingerprint density at radius 2 is 2.24 bits per heavy atom. The maximum atomic E-state index is 12.0. The predicted molar refractivity (Wildman–Crippen MR) is 96.1 cm³/mol. The van der Waals surface area contributed by atoms with Crippen LogP contribution in [-0.4, -0.2) is 33.2 Å². The van der Waals surface area contributed by atoms with Crippen molar-refractivity contribution < 1.29 is 14.6 Å². The zero-order valence-electron chi connectivity index (χ0n) is 13.3. The highest BCUT2D eigenvalue weighted by Gasteiger charge is 2.08. The van der Waals surface area contributed by atoms with E-state index in [1.54, 1.807) is 37.4 Å². The van der Waals surface area contributed by atoms with E-state index in [0.717, 1.165) is 17.2 Å². The summed E-state index contributed by atoms with van der Waals surface area (Å²) in [5, 5.41) is 16.0. The molecule has 3 rings (SSSR count). The molecular weight excluding hydrogens is 342 g/mol. The van der Waals surface area contributed by atoms with Crippen LogP contribution in [0.1, 0.15) is 11.1 Å². The van der Waals surface area contributed by atoms with Crippen LogP contribution in [0.4, 0.5) is 10.5 Å². The van der Waals surface area contributed by atoms with E-state index in [2.05, 4.69) is 24.6 Å². The Labute approximate surface area is 147 Å². The molecule has 2 aromatic carbocycles. The number of aliphatic hydroxyl groups excluding tert-OH is 1. The first-order valence-corrected chi connectivity index (χ1v) is 8.03. The van der Waals surface area contributed by atoms with E-state index >= 15 is 0 Å². The van der Waals surface area contributed by atoms with Crippen molar-refractivity contribution in [3.8, 4) is 5.75 Å². The van der Waals surface area contributed by atoms with Crippen molar-refractivity contribution >= 4 is 40.7 Å². The van der Waals surface area contributed by atoms with E-state index in [1.165, 1.54) is 6.21 Å². The third kappa shape index (κ3) is 3.90. The molecule has 0 unspecified atom stereocenters.